The highest BCUT2D eigenvalue weighted by atomic mass is 32.2. The Bertz CT molecular complexity index is 1410. The van der Waals surface area contributed by atoms with E-state index in [1.165, 1.54) is 23.5 Å². The van der Waals surface area contributed by atoms with Crippen molar-refractivity contribution < 1.29 is 9.18 Å². The molecule has 0 bridgehead atoms. The lowest BCUT2D eigenvalue weighted by Crippen LogP contribution is -2.49. The number of thiazole rings is 1. The fourth-order valence-electron chi connectivity index (χ4n) is 4.97. The van der Waals surface area contributed by atoms with Crippen LogP contribution in [0.4, 0.5) is 4.39 Å². The summed E-state index contributed by atoms with van der Waals surface area (Å²) in [6.45, 7) is 4.28. The Balaban J connectivity index is 1.38. The van der Waals surface area contributed by atoms with Gasteiger partial charge in [0.15, 0.2) is 5.78 Å². The van der Waals surface area contributed by atoms with Crippen molar-refractivity contribution in [3.05, 3.63) is 82.1 Å². The van der Waals surface area contributed by atoms with E-state index in [4.69, 9.17) is 0 Å². The molecule has 1 aliphatic heterocycles. The molecule has 7 nitrogen and oxygen atoms in total. The van der Waals surface area contributed by atoms with Crippen LogP contribution in [-0.2, 0) is 13.0 Å². The fraction of sp³-hybridized carbons (Fsp3) is 0.280. The molecule has 1 unspecified atom stereocenters. The number of nitrogens with zero attached hydrogens (tertiary/aromatic N) is 6. The van der Waals surface area contributed by atoms with Crippen LogP contribution in [0, 0.1) is 11.2 Å². The van der Waals surface area contributed by atoms with E-state index in [1.54, 1.807) is 29.6 Å². The van der Waals surface area contributed by atoms with Crippen molar-refractivity contribution in [1.29, 1.82) is 0 Å². The Hall–Kier alpha value is -3.08. The van der Waals surface area contributed by atoms with Gasteiger partial charge in [-0.05, 0) is 67.6 Å². The number of halogens is 1. The van der Waals surface area contributed by atoms with Crippen molar-refractivity contribution in [2.45, 2.75) is 31.2 Å². The zero-order valence-electron chi connectivity index (χ0n) is 19.1. The lowest BCUT2D eigenvalue weighted by Gasteiger charge is -2.44. The molecule has 2 aliphatic rings. The minimum absolute atomic E-state index is 0.0553. The second-order valence-electron chi connectivity index (χ2n) is 8.81. The zero-order valence-corrected chi connectivity index (χ0v) is 20.7. The zero-order chi connectivity index (χ0) is 24.0. The number of hydrogen-bond donors (Lipinski definition) is 0. The number of fused-ring (bicyclic) bond motifs is 2. The number of benzene rings is 1. The lowest BCUT2D eigenvalue weighted by molar-refractivity contribution is 0.0776. The normalized spacial score (nSPS) is 19.8. The summed E-state index contributed by atoms with van der Waals surface area (Å²) in [6, 6.07) is 6.32. The van der Waals surface area contributed by atoms with Gasteiger partial charge in [-0.3, -0.25) is 9.48 Å². The molecule has 1 aromatic carbocycles. The fourth-order valence-corrected chi connectivity index (χ4v) is 6.53. The first-order chi connectivity index (χ1) is 17.1. The number of carbonyl (C=O) groups excluding carboxylic acids is 1. The molecule has 3 aromatic heterocycles. The Morgan fingerprint density at radius 1 is 1.23 bits per heavy atom. The van der Waals surface area contributed by atoms with Crippen molar-refractivity contribution in [3.63, 3.8) is 0 Å². The van der Waals surface area contributed by atoms with Crippen LogP contribution in [-0.4, -0.2) is 47.7 Å². The summed E-state index contributed by atoms with van der Waals surface area (Å²) >= 11 is 3.09. The monoisotopic (exact) mass is 506 g/mol. The molecule has 0 saturated carbocycles. The van der Waals surface area contributed by atoms with Gasteiger partial charge in [-0.25, -0.2) is 18.4 Å². The molecule has 0 spiro atoms. The average Bonchev–Trinajstić information content (AvgIpc) is 3.64. The number of hydrogen-bond acceptors (Lipinski definition) is 7. The maximum atomic E-state index is 14.0. The van der Waals surface area contributed by atoms with Crippen LogP contribution < -0.4 is 0 Å². The van der Waals surface area contributed by atoms with Gasteiger partial charge in [0.25, 0.3) is 0 Å². The highest BCUT2D eigenvalue weighted by Gasteiger charge is 2.49. The van der Waals surface area contributed by atoms with Gasteiger partial charge in [0, 0.05) is 31.2 Å². The summed E-state index contributed by atoms with van der Waals surface area (Å²) in [5.41, 5.74) is 5.38. The minimum atomic E-state index is -0.705. The lowest BCUT2D eigenvalue weighted by atomic mass is 9.65. The molecular formula is C25H23FN6OS2. The molecular weight excluding hydrogens is 483 g/mol. The summed E-state index contributed by atoms with van der Waals surface area (Å²) in [5.74, 6) is -0.227. The van der Waals surface area contributed by atoms with Crippen molar-refractivity contribution in [2.75, 3.05) is 13.1 Å². The number of aryl methyl sites for hydroxylation is 1. The molecule has 0 amide bonds. The molecule has 1 saturated heterocycles. The number of aromatic nitrogens is 5. The van der Waals surface area contributed by atoms with Gasteiger partial charge in [0.05, 0.1) is 39.6 Å². The van der Waals surface area contributed by atoms with Crippen molar-refractivity contribution in [2.24, 2.45) is 5.41 Å². The Morgan fingerprint density at radius 3 is 2.83 bits per heavy atom. The predicted octanol–water partition coefficient (Wildman–Crippen LogP) is 4.91. The Morgan fingerprint density at radius 2 is 2.09 bits per heavy atom. The summed E-state index contributed by atoms with van der Waals surface area (Å²) < 4.78 is 19.5. The third kappa shape index (κ3) is 3.95. The molecule has 0 radical (unpaired) electrons. The van der Waals surface area contributed by atoms with E-state index in [2.05, 4.69) is 32.5 Å². The number of carbonyl (C=O) groups is 1. The summed E-state index contributed by atoms with van der Waals surface area (Å²) in [7, 11) is 0. The first-order valence-corrected chi connectivity index (χ1v) is 13.2. The molecule has 1 aliphatic carbocycles. The maximum absolute atomic E-state index is 14.0. The predicted molar refractivity (Wildman–Crippen MR) is 134 cm³/mol. The molecule has 4 aromatic rings. The van der Waals surface area contributed by atoms with Gasteiger partial charge >= 0.3 is 0 Å². The van der Waals surface area contributed by atoms with E-state index in [0.717, 1.165) is 46.9 Å². The van der Waals surface area contributed by atoms with E-state index in [9.17, 15) is 9.18 Å². The highest BCUT2D eigenvalue weighted by Crippen LogP contribution is 2.48. The number of rotatable bonds is 6. The SMILES string of the molecule is CCn1cc(SN2CCC3=Cc4c(cnn4-c4ccc(F)cc4)CC3(C(=O)c3cscn3)C2)cn1. The van der Waals surface area contributed by atoms with Crippen LogP contribution in [0.2, 0.25) is 0 Å². The van der Waals surface area contributed by atoms with Crippen molar-refractivity contribution >= 4 is 35.1 Å². The first-order valence-electron chi connectivity index (χ1n) is 11.5. The van der Waals surface area contributed by atoms with Crippen LogP contribution in [0.3, 0.4) is 0 Å². The maximum Gasteiger partial charge on any atom is 0.193 e. The molecule has 0 N–H and O–H groups in total. The van der Waals surface area contributed by atoms with Crippen LogP contribution in [0.1, 0.15) is 35.1 Å². The molecule has 1 fully saturated rings. The molecule has 4 heterocycles. The third-order valence-electron chi connectivity index (χ3n) is 6.72. The van der Waals surface area contributed by atoms with Crippen LogP contribution in [0.25, 0.3) is 11.8 Å². The van der Waals surface area contributed by atoms with Crippen molar-refractivity contribution in [3.8, 4) is 5.69 Å². The second kappa shape index (κ2) is 8.85. The standard InChI is InChI=1S/C25H23FN6OS2/c1-2-30-13-21(12-28-30)35-31-8-7-18-9-23-17(11-29-32(23)20-5-3-19(26)4-6-20)10-25(18,15-31)24(33)22-14-34-16-27-22/h3-6,9,11-14,16H,2,7-8,10,15H2,1H3. The van der Waals surface area contributed by atoms with E-state index >= 15 is 0 Å². The number of ketones is 1. The van der Waals surface area contributed by atoms with Crippen LogP contribution in [0.5, 0.6) is 0 Å². The van der Waals surface area contributed by atoms with Gasteiger partial charge in [-0.15, -0.1) is 11.3 Å². The second-order valence-corrected chi connectivity index (χ2v) is 10.7. The molecule has 1 atom stereocenters. The number of Topliss-reactive ketones (excluding diaryl/α,β-unsaturated/α-hetero) is 1. The van der Waals surface area contributed by atoms with Crippen LogP contribution >= 0.6 is 23.3 Å². The number of piperidine rings is 1. The largest absolute Gasteiger partial charge is 0.291 e. The quantitative estimate of drug-likeness (QED) is 0.274. The minimum Gasteiger partial charge on any atom is -0.291 e. The summed E-state index contributed by atoms with van der Waals surface area (Å²) in [5, 5.41) is 10.8. The van der Waals surface area contributed by atoms with Gasteiger partial charge in [-0.2, -0.15) is 10.2 Å². The Labute approximate surface area is 210 Å². The van der Waals surface area contributed by atoms with Gasteiger partial charge in [-0.1, -0.05) is 5.57 Å². The van der Waals surface area contributed by atoms with E-state index in [0.29, 0.717) is 18.7 Å². The van der Waals surface area contributed by atoms with E-state index in [-0.39, 0.29) is 11.6 Å². The van der Waals surface area contributed by atoms with Crippen LogP contribution in [0.15, 0.2) is 64.2 Å². The average molecular weight is 507 g/mol. The van der Waals surface area contributed by atoms with Gasteiger partial charge in [0.2, 0.25) is 0 Å². The van der Waals surface area contributed by atoms with Gasteiger partial charge < -0.3 is 0 Å². The van der Waals surface area contributed by atoms with E-state index < -0.39 is 5.41 Å². The van der Waals surface area contributed by atoms with Crippen molar-refractivity contribution in [1.82, 2.24) is 28.9 Å². The third-order valence-corrected chi connectivity index (χ3v) is 8.30. The Kier molecular flexibility index (Phi) is 5.66. The summed E-state index contributed by atoms with van der Waals surface area (Å²) in [4.78, 5) is 19.4. The summed E-state index contributed by atoms with van der Waals surface area (Å²) in [6.07, 6.45) is 9.18. The smallest absolute Gasteiger partial charge is 0.193 e. The molecule has 6 rings (SSSR count). The molecule has 178 valence electrons. The van der Waals surface area contributed by atoms with Gasteiger partial charge in [0.1, 0.15) is 11.5 Å². The highest BCUT2D eigenvalue weighted by molar-refractivity contribution is 7.97. The molecule has 35 heavy (non-hydrogen) atoms. The molecule has 10 heteroatoms. The van der Waals surface area contributed by atoms with E-state index in [1.807, 2.05) is 33.3 Å². The topological polar surface area (TPSA) is 68.8 Å². The first kappa shape index (κ1) is 22.4.